The Morgan fingerprint density at radius 3 is 2.82 bits per heavy atom. The highest BCUT2D eigenvalue weighted by molar-refractivity contribution is 7.11. The predicted octanol–water partition coefficient (Wildman–Crippen LogP) is 2.53. The van der Waals surface area contributed by atoms with Gasteiger partial charge in [-0.2, -0.15) is 0 Å². The number of thiophene rings is 1. The molecule has 2 aromatic rings. The number of carbonyl (C=O) groups is 1. The summed E-state index contributed by atoms with van der Waals surface area (Å²) < 4.78 is 2.12. The van der Waals surface area contributed by atoms with E-state index in [-0.39, 0.29) is 11.9 Å². The molecule has 0 radical (unpaired) electrons. The minimum absolute atomic E-state index is 0.0328. The minimum atomic E-state index is -0.0328. The maximum atomic E-state index is 12.1. The second-order valence-electron chi connectivity index (χ2n) is 6.04. The lowest BCUT2D eigenvalue weighted by Gasteiger charge is -2.33. The maximum absolute atomic E-state index is 12.1. The molecule has 0 saturated heterocycles. The second kappa shape index (κ2) is 5.85. The lowest BCUT2D eigenvalue weighted by molar-refractivity contribution is 0.0822. The number of hydrogen-bond donors (Lipinski definition) is 0. The van der Waals surface area contributed by atoms with Crippen molar-refractivity contribution in [3.05, 3.63) is 39.6 Å². The average molecular weight is 318 g/mol. The third kappa shape index (κ3) is 2.80. The average Bonchev–Trinajstić information content (AvgIpc) is 3.08. The van der Waals surface area contributed by atoms with E-state index in [0.717, 1.165) is 25.5 Å². The molecule has 0 bridgehead atoms. The topological polar surface area (TPSA) is 41.4 Å². The van der Waals surface area contributed by atoms with Crippen molar-refractivity contribution in [2.45, 2.75) is 33.0 Å². The minimum Gasteiger partial charge on any atom is -0.343 e. The highest BCUT2D eigenvalue weighted by Crippen LogP contribution is 2.28. The van der Waals surface area contributed by atoms with E-state index in [1.165, 1.54) is 9.75 Å². The Hall–Kier alpha value is -1.66. The van der Waals surface area contributed by atoms with Crippen LogP contribution in [0.15, 0.2) is 18.3 Å². The smallest absolute Gasteiger partial charge is 0.273 e. The van der Waals surface area contributed by atoms with Gasteiger partial charge in [0.15, 0.2) is 0 Å². The van der Waals surface area contributed by atoms with Crippen molar-refractivity contribution in [3.63, 3.8) is 0 Å². The summed E-state index contributed by atoms with van der Waals surface area (Å²) in [4.78, 5) is 23.4. The number of carbonyl (C=O) groups excluding carboxylic acids is 1. The molecule has 0 aromatic carbocycles. The van der Waals surface area contributed by atoms with Crippen LogP contribution in [-0.2, 0) is 13.1 Å². The summed E-state index contributed by atoms with van der Waals surface area (Å²) in [5.74, 6) is 0.958. The van der Waals surface area contributed by atoms with E-state index in [1.54, 1.807) is 19.0 Å². The predicted molar refractivity (Wildman–Crippen MR) is 88.1 cm³/mol. The van der Waals surface area contributed by atoms with Crippen LogP contribution in [0.5, 0.6) is 0 Å². The van der Waals surface area contributed by atoms with Crippen molar-refractivity contribution in [1.29, 1.82) is 0 Å². The van der Waals surface area contributed by atoms with Gasteiger partial charge in [0.05, 0.1) is 6.04 Å². The molecule has 3 rings (SSSR count). The van der Waals surface area contributed by atoms with Crippen molar-refractivity contribution in [2.75, 3.05) is 20.6 Å². The molecule has 1 aliphatic heterocycles. The highest BCUT2D eigenvalue weighted by Gasteiger charge is 2.28. The molecule has 0 saturated carbocycles. The number of hydrogen-bond acceptors (Lipinski definition) is 4. The molecule has 0 unspecified atom stereocenters. The molecule has 0 fully saturated rings. The number of nitrogens with zero attached hydrogens (tertiary/aromatic N) is 4. The van der Waals surface area contributed by atoms with Gasteiger partial charge in [-0.05, 0) is 26.0 Å². The van der Waals surface area contributed by atoms with Gasteiger partial charge in [-0.1, -0.05) is 0 Å². The van der Waals surface area contributed by atoms with Gasteiger partial charge < -0.3 is 9.47 Å². The number of rotatable bonds is 3. The van der Waals surface area contributed by atoms with Crippen LogP contribution < -0.4 is 0 Å². The first-order chi connectivity index (χ1) is 10.5. The second-order valence-corrected chi connectivity index (χ2v) is 7.41. The van der Waals surface area contributed by atoms with E-state index in [2.05, 4.69) is 40.4 Å². The molecule has 22 heavy (non-hydrogen) atoms. The highest BCUT2D eigenvalue weighted by atomic mass is 32.1. The van der Waals surface area contributed by atoms with Crippen molar-refractivity contribution in [3.8, 4) is 0 Å². The zero-order valence-corrected chi connectivity index (χ0v) is 14.4. The summed E-state index contributed by atoms with van der Waals surface area (Å²) in [7, 11) is 3.52. The Bertz CT molecular complexity index is 688. The standard InChI is InChI=1S/C16H22N4OS/c1-11-5-6-13(22-11)9-19-7-8-20-10-14(16(21)18(3)4)17-15(20)12(19)2/h5-6,10,12H,7-9H2,1-4H3/t12-/m0/s1. The molecule has 2 aromatic heterocycles. The van der Waals surface area contributed by atoms with E-state index in [9.17, 15) is 4.79 Å². The number of fused-ring (bicyclic) bond motifs is 1. The van der Waals surface area contributed by atoms with Gasteiger partial charge >= 0.3 is 0 Å². The lowest BCUT2D eigenvalue weighted by Crippen LogP contribution is -2.36. The van der Waals surface area contributed by atoms with Gasteiger partial charge in [-0.15, -0.1) is 11.3 Å². The van der Waals surface area contributed by atoms with Crippen molar-refractivity contribution in [1.82, 2.24) is 19.4 Å². The molecule has 3 heterocycles. The first-order valence-corrected chi connectivity index (χ1v) is 8.35. The molecule has 0 aliphatic carbocycles. The number of amides is 1. The molecule has 0 spiro atoms. The van der Waals surface area contributed by atoms with Crippen LogP contribution >= 0.6 is 11.3 Å². The third-order valence-electron chi connectivity index (χ3n) is 4.14. The Kier molecular flexibility index (Phi) is 4.06. The summed E-state index contributed by atoms with van der Waals surface area (Å²) in [5.41, 5.74) is 0.542. The lowest BCUT2D eigenvalue weighted by atomic mass is 10.2. The normalized spacial score (nSPS) is 18.3. The van der Waals surface area contributed by atoms with Gasteiger partial charge in [0.1, 0.15) is 11.5 Å². The van der Waals surface area contributed by atoms with E-state index < -0.39 is 0 Å². The van der Waals surface area contributed by atoms with Gasteiger partial charge in [-0.25, -0.2) is 4.98 Å². The third-order valence-corrected chi connectivity index (χ3v) is 5.12. The molecular formula is C16H22N4OS. The molecule has 6 heteroatoms. The zero-order chi connectivity index (χ0) is 15.9. The molecule has 0 N–H and O–H groups in total. The first kappa shape index (κ1) is 15.2. The summed E-state index contributed by atoms with van der Waals surface area (Å²) in [6, 6.07) is 4.60. The maximum Gasteiger partial charge on any atom is 0.273 e. The Labute approximate surface area is 135 Å². The quantitative estimate of drug-likeness (QED) is 0.873. The Morgan fingerprint density at radius 2 is 2.18 bits per heavy atom. The van der Waals surface area contributed by atoms with Crippen molar-refractivity contribution in [2.24, 2.45) is 0 Å². The fraction of sp³-hybridized carbons (Fsp3) is 0.500. The fourth-order valence-electron chi connectivity index (χ4n) is 2.85. The van der Waals surface area contributed by atoms with Gasteiger partial charge in [-0.3, -0.25) is 9.69 Å². The van der Waals surface area contributed by atoms with E-state index in [1.807, 2.05) is 17.5 Å². The molecule has 118 valence electrons. The van der Waals surface area contributed by atoms with E-state index in [4.69, 9.17) is 0 Å². The first-order valence-electron chi connectivity index (χ1n) is 7.54. The van der Waals surface area contributed by atoms with E-state index in [0.29, 0.717) is 5.69 Å². The van der Waals surface area contributed by atoms with Crippen molar-refractivity contribution < 1.29 is 4.79 Å². The number of aromatic nitrogens is 2. The summed E-state index contributed by atoms with van der Waals surface area (Å²) >= 11 is 1.85. The molecular weight excluding hydrogens is 296 g/mol. The molecule has 5 nitrogen and oxygen atoms in total. The molecule has 1 amide bonds. The largest absolute Gasteiger partial charge is 0.343 e. The molecule has 1 atom stereocenters. The van der Waals surface area contributed by atoms with Crippen LogP contribution in [0.4, 0.5) is 0 Å². The van der Waals surface area contributed by atoms with Crippen LogP contribution in [0.1, 0.15) is 39.0 Å². The summed E-state index contributed by atoms with van der Waals surface area (Å²) in [6.45, 7) is 7.13. The van der Waals surface area contributed by atoms with Crippen LogP contribution in [0.25, 0.3) is 0 Å². The van der Waals surface area contributed by atoms with Gasteiger partial charge in [0, 0.05) is 49.7 Å². The van der Waals surface area contributed by atoms with Gasteiger partial charge in [0.2, 0.25) is 0 Å². The van der Waals surface area contributed by atoms with Crippen LogP contribution in [0.2, 0.25) is 0 Å². The van der Waals surface area contributed by atoms with Crippen LogP contribution in [0, 0.1) is 6.92 Å². The summed E-state index contributed by atoms with van der Waals surface area (Å²) in [6.07, 6.45) is 1.89. The van der Waals surface area contributed by atoms with E-state index >= 15 is 0 Å². The number of aryl methyl sites for hydroxylation is 1. The number of imidazole rings is 1. The van der Waals surface area contributed by atoms with Crippen LogP contribution in [-0.4, -0.2) is 45.9 Å². The molecule has 1 aliphatic rings. The Morgan fingerprint density at radius 1 is 1.41 bits per heavy atom. The van der Waals surface area contributed by atoms with Gasteiger partial charge in [0.25, 0.3) is 5.91 Å². The zero-order valence-electron chi connectivity index (χ0n) is 13.5. The van der Waals surface area contributed by atoms with Crippen LogP contribution in [0.3, 0.4) is 0 Å². The SMILES string of the molecule is Cc1ccc(CN2CCn3cc(C(=O)N(C)C)nc3[C@@H]2C)s1. The Balaban J connectivity index is 1.80. The van der Waals surface area contributed by atoms with Crippen molar-refractivity contribution >= 4 is 17.2 Å². The summed E-state index contributed by atoms with van der Waals surface area (Å²) in [5, 5.41) is 0. The monoisotopic (exact) mass is 318 g/mol. The fourth-order valence-corrected chi connectivity index (χ4v) is 3.77.